The predicted molar refractivity (Wildman–Crippen MR) is 142 cm³/mol. The van der Waals surface area contributed by atoms with Crippen molar-refractivity contribution in [3.63, 3.8) is 0 Å². The van der Waals surface area contributed by atoms with Crippen molar-refractivity contribution in [2.45, 2.75) is 78.1 Å². The lowest BCUT2D eigenvalue weighted by atomic mass is 9.88. The zero-order valence-electron chi connectivity index (χ0n) is 22.8. The number of halogens is 1. The van der Waals surface area contributed by atoms with E-state index in [0.29, 0.717) is 24.2 Å². The zero-order chi connectivity index (χ0) is 28.5. The highest BCUT2D eigenvalue weighted by Crippen LogP contribution is 2.46. The SMILES string of the molecule is CCOc1nc(N)nc2c1ncn2[C@@H]1O[C@H](CO[P@](=O)(O)N[C@H](COC(=O)C(C)C)C(C)(C)C)C[C@@]1(C)Cl. The highest BCUT2D eigenvalue weighted by Gasteiger charge is 2.47. The van der Waals surface area contributed by atoms with Gasteiger partial charge >= 0.3 is 13.7 Å². The third-order valence-corrected chi connectivity index (χ3v) is 7.54. The van der Waals surface area contributed by atoms with Crippen LogP contribution >= 0.6 is 19.3 Å². The van der Waals surface area contributed by atoms with Crippen LogP contribution in [0.3, 0.4) is 0 Å². The first-order chi connectivity index (χ1) is 17.5. The van der Waals surface area contributed by atoms with E-state index in [0.717, 1.165) is 0 Å². The second kappa shape index (κ2) is 11.6. The molecule has 3 rings (SSSR count). The molecule has 1 aliphatic rings. The third-order valence-electron chi connectivity index (χ3n) is 6.07. The van der Waals surface area contributed by atoms with Gasteiger partial charge in [-0.15, -0.1) is 11.6 Å². The summed E-state index contributed by atoms with van der Waals surface area (Å²) < 4.78 is 36.9. The summed E-state index contributed by atoms with van der Waals surface area (Å²) in [6.45, 7) is 12.7. The molecule has 214 valence electrons. The van der Waals surface area contributed by atoms with Crippen LogP contribution < -0.4 is 15.6 Å². The Bertz CT molecular complexity index is 1180. The van der Waals surface area contributed by atoms with Gasteiger partial charge in [0.1, 0.15) is 6.61 Å². The number of nitrogens with two attached hydrogens (primary N) is 1. The summed E-state index contributed by atoms with van der Waals surface area (Å²) >= 11 is 6.82. The first-order valence-electron chi connectivity index (χ1n) is 12.4. The summed E-state index contributed by atoms with van der Waals surface area (Å²) in [4.78, 5) is 34.3. The van der Waals surface area contributed by atoms with Gasteiger partial charge in [0.05, 0.1) is 42.5 Å². The number of nitrogen functional groups attached to an aromatic ring is 1. The fourth-order valence-corrected chi connectivity index (χ4v) is 5.55. The van der Waals surface area contributed by atoms with Gasteiger partial charge in [-0.05, 0) is 25.7 Å². The standard InChI is InChI=1S/C23H38ClN6O7P/c1-8-34-18-16-17(27-21(25)28-18)30(12-26-16)20-23(7,24)9-14(37-20)10-36-38(32,33)29-15(22(4,5)6)11-35-19(31)13(2)3/h12-15,20H,8-11H2,1-7H3,(H2,25,27,28)(H2,29,32,33)/t14-,15+,20+,23+/m0/s1. The second-order valence-electron chi connectivity index (χ2n) is 10.9. The lowest BCUT2D eigenvalue weighted by molar-refractivity contribution is -0.148. The molecule has 4 N–H and O–H groups in total. The first kappa shape index (κ1) is 30.5. The van der Waals surface area contributed by atoms with Gasteiger partial charge in [-0.2, -0.15) is 9.97 Å². The molecule has 38 heavy (non-hydrogen) atoms. The monoisotopic (exact) mass is 576 g/mol. The van der Waals surface area contributed by atoms with Crippen LogP contribution in [0, 0.1) is 11.3 Å². The Kier molecular flexibility index (Phi) is 9.33. The molecule has 15 heteroatoms. The van der Waals surface area contributed by atoms with Crippen molar-refractivity contribution in [2.24, 2.45) is 11.3 Å². The highest BCUT2D eigenvalue weighted by atomic mass is 35.5. The van der Waals surface area contributed by atoms with E-state index in [9.17, 15) is 14.3 Å². The smallest absolute Gasteiger partial charge is 0.403 e. The summed E-state index contributed by atoms with van der Waals surface area (Å²) in [6, 6.07) is -0.640. The molecule has 2 aromatic heterocycles. The first-order valence-corrected chi connectivity index (χ1v) is 14.4. The minimum absolute atomic E-state index is 0.0108. The van der Waals surface area contributed by atoms with Crippen molar-refractivity contribution in [1.29, 1.82) is 0 Å². The molecule has 0 unspecified atom stereocenters. The van der Waals surface area contributed by atoms with Crippen LogP contribution in [0.15, 0.2) is 6.33 Å². The van der Waals surface area contributed by atoms with Crippen molar-refractivity contribution in [2.75, 3.05) is 25.6 Å². The van der Waals surface area contributed by atoms with Gasteiger partial charge in [0.2, 0.25) is 11.8 Å². The van der Waals surface area contributed by atoms with Gasteiger partial charge in [-0.3, -0.25) is 13.9 Å². The summed E-state index contributed by atoms with van der Waals surface area (Å²) in [5.74, 6) is -0.445. The molecule has 0 spiro atoms. The number of hydrogen-bond acceptors (Lipinski definition) is 10. The zero-order valence-corrected chi connectivity index (χ0v) is 24.5. The minimum Gasteiger partial charge on any atom is -0.476 e. The van der Waals surface area contributed by atoms with Gasteiger partial charge in [0.25, 0.3) is 0 Å². The fraction of sp³-hybridized carbons (Fsp3) is 0.739. The molecule has 3 heterocycles. The van der Waals surface area contributed by atoms with Crippen molar-refractivity contribution < 1.29 is 33.0 Å². The Hall–Kier alpha value is -2.02. The molecule has 2 aromatic rings. The molecule has 0 saturated carbocycles. The van der Waals surface area contributed by atoms with E-state index in [1.54, 1.807) is 25.3 Å². The van der Waals surface area contributed by atoms with Gasteiger partial charge < -0.3 is 24.8 Å². The van der Waals surface area contributed by atoms with E-state index in [-0.39, 0.29) is 31.0 Å². The summed E-state index contributed by atoms with van der Waals surface area (Å²) in [6.07, 6.45) is 0.489. The average Bonchev–Trinajstić information content (AvgIpc) is 3.33. The number of aromatic nitrogens is 4. The van der Waals surface area contributed by atoms with Gasteiger partial charge in [-0.25, -0.2) is 14.6 Å². The molecule has 1 aliphatic heterocycles. The Labute approximate surface area is 227 Å². The largest absolute Gasteiger partial charge is 0.476 e. The quantitative estimate of drug-likeness (QED) is 0.202. The fourth-order valence-electron chi connectivity index (χ4n) is 3.92. The molecule has 1 saturated heterocycles. The predicted octanol–water partition coefficient (Wildman–Crippen LogP) is 3.41. The third kappa shape index (κ3) is 7.34. The second-order valence-corrected chi connectivity index (χ2v) is 13.3. The van der Waals surface area contributed by atoms with Gasteiger partial charge in [0.15, 0.2) is 17.4 Å². The number of anilines is 1. The van der Waals surface area contributed by atoms with Crippen LogP contribution in [0.4, 0.5) is 5.95 Å². The number of imidazole rings is 1. The normalized spacial score (nSPS) is 24.5. The van der Waals surface area contributed by atoms with E-state index in [4.69, 9.17) is 36.1 Å². The minimum atomic E-state index is -4.30. The number of fused-ring (bicyclic) bond motifs is 1. The number of rotatable bonds is 11. The van der Waals surface area contributed by atoms with E-state index < -0.39 is 42.4 Å². The Morgan fingerprint density at radius 2 is 2.11 bits per heavy atom. The lowest BCUT2D eigenvalue weighted by Crippen LogP contribution is -2.43. The van der Waals surface area contributed by atoms with E-state index in [1.165, 1.54) is 6.33 Å². The number of hydrogen-bond donors (Lipinski definition) is 3. The number of carbonyl (C=O) groups excluding carboxylic acids is 1. The summed E-state index contributed by atoms with van der Waals surface area (Å²) in [5.41, 5.74) is 6.16. The van der Waals surface area contributed by atoms with Crippen LogP contribution in [0.2, 0.25) is 0 Å². The maximum Gasteiger partial charge on any atom is 0.403 e. The number of ether oxygens (including phenoxy) is 3. The Morgan fingerprint density at radius 1 is 1.42 bits per heavy atom. The van der Waals surface area contributed by atoms with Crippen LogP contribution in [0.1, 0.15) is 61.1 Å². The molecule has 0 radical (unpaired) electrons. The molecule has 5 atom stereocenters. The van der Waals surface area contributed by atoms with E-state index >= 15 is 0 Å². The Balaban J connectivity index is 1.70. The summed E-state index contributed by atoms with van der Waals surface area (Å²) in [5, 5.41) is 2.62. The van der Waals surface area contributed by atoms with Crippen molar-refractivity contribution in [3.8, 4) is 5.88 Å². The molecule has 0 bridgehead atoms. The molecule has 13 nitrogen and oxygen atoms in total. The number of alkyl halides is 1. The molecule has 0 aromatic carbocycles. The van der Waals surface area contributed by atoms with Crippen LogP contribution in [-0.2, 0) is 23.4 Å². The average molecular weight is 577 g/mol. The van der Waals surface area contributed by atoms with Gasteiger partial charge in [-0.1, -0.05) is 34.6 Å². The van der Waals surface area contributed by atoms with Crippen LogP contribution in [-0.4, -0.2) is 67.2 Å². The number of nitrogens with zero attached hydrogens (tertiary/aromatic N) is 4. The maximum atomic E-state index is 12.9. The van der Waals surface area contributed by atoms with Crippen molar-refractivity contribution >= 4 is 42.4 Å². The van der Waals surface area contributed by atoms with E-state index in [2.05, 4.69) is 20.0 Å². The van der Waals surface area contributed by atoms with Crippen molar-refractivity contribution in [3.05, 3.63) is 6.33 Å². The number of esters is 1. The highest BCUT2D eigenvalue weighted by molar-refractivity contribution is 7.50. The number of carbonyl (C=O) groups is 1. The molecule has 0 aliphatic carbocycles. The van der Waals surface area contributed by atoms with Gasteiger partial charge in [0, 0.05) is 0 Å². The van der Waals surface area contributed by atoms with E-state index in [1.807, 2.05) is 27.7 Å². The number of nitrogens with one attached hydrogen (secondary N) is 1. The van der Waals surface area contributed by atoms with Crippen molar-refractivity contribution in [1.82, 2.24) is 24.6 Å². The van der Waals surface area contributed by atoms with Crippen LogP contribution in [0.25, 0.3) is 11.2 Å². The molecule has 1 fully saturated rings. The Morgan fingerprint density at radius 3 is 2.71 bits per heavy atom. The molecule has 0 amide bonds. The summed E-state index contributed by atoms with van der Waals surface area (Å²) in [7, 11) is -4.30. The molecular formula is C23H38ClN6O7P. The molecular weight excluding hydrogens is 539 g/mol. The lowest BCUT2D eigenvalue weighted by Gasteiger charge is -2.32. The van der Waals surface area contributed by atoms with Crippen LogP contribution in [0.5, 0.6) is 5.88 Å². The topological polar surface area (TPSA) is 173 Å². The maximum absolute atomic E-state index is 12.9.